The molecule has 0 spiro atoms. The van der Waals surface area contributed by atoms with E-state index in [1.54, 1.807) is 6.26 Å². The fourth-order valence-electron chi connectivity index (χ4n) is 0.696. The Bertz CT molecular complexity index is 267. The summed E-state index contributed by atoms with van der Waals surface area (Å²) in [5, 5.41) is 0. The molecule has 0 saturated heterocycles. The Morgan fingerprint density at radius 2 is 2.50 bits per heavy atom. The summed E-state index contributed by atoms with van der Waals surface area (Å²) >= 11 is 1.41. The zero-order valence-electron chi connectivity index (χ0n) is 6.99. The van der Waals surface area contributed by atoms with Crippen LogP contribution in [0, 0.1) is 6.92 Å². The normalized spacial score (nSPS) is 9.83. The van der Waals surface area contributed by atoms with Crippen LogP contribution in [-0.2, 0) is 9.53 Å². The summed E-state index contributed by atoms with van der Waals surface area (Å²) in [6.45, 7) is 1.86. The SMILES string of the molecule is COC(=O)CSc1coc(C)c1. The van der Waals surface area contributed by atoms with Crippen molar-refractivity contribution >= 4 is 17.7 Å². The molecule has 0 radical (unpaired) electrons. The lowest BCUT2D eigenvalue weighted by atomic mass is 10.5. The van der Waals surface area contributed by atoms with Crippen LogP contribution in [0.1, 0.15) is 5.76 Å². The minimum Gasteiger partial charge on any atom is -0.468 e. The van der Waals surface area contributed by atoms with Gasteiger partial charge in [-0.1, -0.05) is 0 Å². The molecule has 1 rings (SSSR count). The number of thioether (sulfide) groups is 1. The van der Waals surface area contributed by atoms with Crippen molar-refractivity contribution in [3.8, 4) is 0 Å². The van der Waals surface area contributed by atoms with Gasteiger partial charge in [0.25, 0.3) is 0 Å². The first-order valence-corrected chi connectivity index (χ1v) is 4.45. The molecule has 0 N–H and O–H groups in total. The van der Waals surface area contributed by atoms with Gasteiger partial charge in [-0.05, 0) is 13.0 Å². The lowest BCUT2D eigenvalue weighted by molar-refractivity contribution is -0.137. The second kappa shape index (κ2) is 4.21. The van der Waals surface area contributed by atoms with E-state index in [9.17, 15) is 4.79 Å². The number of hydrogen-bond acceptors (Lipinski definition) is 4. The van der Waals surface area contributed by atoms with Crippen molar-refractivity contribution in [3.63, 3.8) is 0 Å². The van der Waals surface area contributed by atoms with E-state index in [-0.39, 0.29) is 5.97 Å². The summed E-state index contributed by atoms with van der Waals surface area (Å²) in [7, 11) is 1.38. The van der Waals surface area contributed by atoms with E-state index in [0.717, 1.165) is 10.7 Å². The Kier molecular flexibility index (Phi) is 3.22. The van der Waals surface area contributed by atoms with Crippen LogP contribution in [0.3, 0.4) is 0 Å². The van der Waals surface area contributed by atoms with E-state index < -0.39 is 0 Å². The van der Waals surface area contributed by atoms with Crippen LogP contribution in [0.2, 0.25) is 0 Å². The molecule has 0 fully saturated rings. The fraction of sp³-hybridized carbons (Fsp3) is 0.375. The summed E-state index contributed by atoms with van der Waals surface area (Å²) in [5.41, 5.74) is 0. The highest BCUT2D eigenvalue weighted by atomic mass is 32.2. The Labute approximate surface area is 75.1 Å². The van der Waals surface area contributed by atoms with E-state index in [1.165, 1.54) is 18.9 Å². The van der Waals surface area contributed by atoms with Crippen LogP contribution in [-0.4, -0.2) is 18.8 Å². The van der Waals surface area contributed by atoms with Crippen LogP contribution < -0.4 is 0 Å². The Balaban J connectivity index is 2.38. The molecule has 0 aromatic carbocycles. The van der Waals surface area contributed by atoms with Gasteiger partial charge in [0.2, 0.25) is 0 Å². The molecule has 0 atom stereocenters. The summed E-state index contributed by atoms with van der Waals surface area (Å²) in [5.74, 6) is 0.955. The topological polar surface area (TPSA) is 39.4 Å². The molecule has 66 valence electrons. The molecular formula is C8H10O3S. The van der Waals surface area contributed by atoms with E-state index >= 15 is 0 Å². The van der Waals surface area contributed by atoms with Crippen molar-refractivity contribution in [3.05, 3.63) is 18.1 Å². The standard InChI is InChI=1S/C8H10O3S/c1-6-3-7(4-11-6)12-5-8(9)10-2/h3-4H,5H2,1-2H3. The number of carbonyl (C=O) groups is 1. The molecule has 0 aliphatic carbocycles. The van der Waals surface area contributed by atoms with Crippen LogP contribution in [0.5, 0.6) is 0 Å². The molecule has 1 aromatic rings. The first kappa shape index (κ1) is 9.19. The summed E-state index contributed by atoms with van der Waals surface area (Å²) < 4.78 is 9.55. The van der Waals surface area contributed by atoms with Gasteiger partial charge in [0.05, 0.1) is 12.9 Å². The second-order valence-corrected chi connectivity index (χ2v) is 3.31. The second-order valence-electron chi connectivity index (χ2n) is 2.26. The Morgan fingerprint density at radius 1 is 1.75 bits per heavy atom. The molecule has 4 heteroatoms. The Hall–Kier alpha value is -0.900. The van der Waals surface area contributed by atoms with Gasteiger partial charge in [0, 0.05) is 4.90 Å². The highest BCUT2D eigenvalue weighted by Gasteiger charge is 2.03. The van der Waals surface area contributed by atoms with Crippen molar-refractivity contribution in [2.75, 3.05) is 12.9 Å². The zero-order valence-corrected chi connectivity index (χ0v) is 7.81. The molecule has 1 aromatic heterocycles. The van der Waals surface area contributed by atoms with Gasteiger partial charge in [-0.25, -0.2) is 0 Å². The van der Waals surface area contributed by atoms with Gasteiger partial charge in [-0.3, -0.25) is 4.79 Å². The highest BCUT2D eigenvalue weighted by Crippen LogP contribution is 2.20. The first-order chi connectivity index (χ1) is 5.72. The lowest BCUT2D eigenvalue weighted by Crippen LogP contribution is -2.02. The van der Waals surface area contributed by atoms with Crippen LogP contribution >= 0.6 is 11.8 Å². The van der Waals surface area contributed by atoms with Gasteiger partial charge in [-0.2, -0.15) is 0 Å². The number of esters is 1. The third kappa shape index (κ3) is 2.62. The average Bonchev–Trinajstić information content (AvgIpc) is 2.47. The molecule has 0 saturated carbocycles. The monoisotopic (exact) mass is 186 g/mol. The van der Waals surface area contributed by atoms with Gasteiger partial charge >= 0.3 is 5.97 Å². The fourth-order valence-corrected chi connectivity index (χ4v) is 1.46. The molecule has 12 heavy (non-hydrogen) atoms. The third-order valence-electron chi connectivity index (χ3n) is 1.29. The Morgan fingerprint density at radius 3 is 3.00 bits per heavy atom. The maximum Gasteiger partial charge on any atom is 0.315 e. The van der Waals surface area contributed by atoms with Crippen LogP contribution in [0.4, 0.5) is 0 Å². The van der Waals surface area contributed by atoms with E-state index in [1.807, 2.05) is 13.0 Å². The molecule has 0 aliphatic rings. The smallest absolute Gasteiger partial charge is 0.315 e. The number of aryl methyl sites for hydroxylation is 1. The molecule has 0 unspecified atom stereocenters. The number of carbonyl (C=O) groups excluding carboxylic acids is 1. The summed E-state index contributed by atoms with van der Waals surface area (Å²) in [4.78, 5) is 11.7. The number of ether oxygens (including phenoxy) is 1. The van der Waals surface area contributed by atoms with Gasteiger partial charge in [0.1, 0.15) is 12.0 Å². The van der Waals surface area contributed by atoms with Crippen molar-refractivity contribution in [2.45, 2.75) is 11.8 Å². The van der Waals surface area contributed by atoms with Gasteiger partial charge < -0.3 is 9.15 Å². The quantitative estimate of drug-likeness (QED) is 0.533. The number of hydrogen-bond donors (Lipinski definition) is 0. The first-order valence-electron chi connectivity index (χ1n) is 3.47. The molecule has 1 heterocycles. The van der Waals surface area contributed by atoms with Crippen molar-refractivity contribution < 1.29 is 13.9 Å². The average molecular weight is 186 g/mol. The van der Waals surface area contributed by atoms with Crippen molar-refractivity contribution in [1.82, 2.24) is 0 Å². The maximum atomic E-state index is 10.7. The predicted molar refractivity (Wildman–Crippen MR) is 46.2 cm³/mol. The van der Waals surface area contributed by atoms with Crippen LogP contribution in [0.15, 0.2) is 21.6 Å². The van der Waals surface area contributed by atoms with Gasteiger partial charge in [-0.15, -0.1) is 11.8 Å². The predicted octanol–water partition coefficient (Wildman–Crippen LogP) is 1.85. The van der Waals surface area contributed by atoms with Crippen molar-refractivity contribution in [1.29, 1.82) is 0 Å². The minimum atomic E-state index is -0.223. The summed E-state index contributed by atoms with van der Waals surface area (Å²) in [6, 6.07) is 1.88. The van der Waals surface area contributed by atoms with Crippen molar-refractivity contribution in [2.24, 2.45) is 0 Å². The third-order valence-corrected chi connectivity index (χ3v) is 2.22. The number of furan rings is 1. The molecule has 3 nitrogen and oxygen atoms in total. The molecule has 0 amide bonds. The highest BCUT2D eigenvalue weighted by molar-refractivity contribution is 8.00. The lowest BCUT2D eigenvalue weighted by Gasteiger charge is -1.95. The molecule has 0 bridgehead atoms. The molecule has 0 aliphatic heterocycles. The van der Waals surface area contributed by atoms with E-state index in [4.69, 9.17) is 4.42 Å². The number of methoxy groups -OCH3 is 1. The number of rotatable bonds is 3. The van der Waals surface area contributed by atoms with Crippen LogP contribution in [0.25, 0.3) is 0 Å². The molecular weight excluding hydrogens is 176 g/mol. The zero-order chi connectivity index (χ0) is 8.97. The van der Waals surface area contributed by atoms with E-state index in [2.05, 4.69) is 4.74 Å². The summed E-state index contributed by atoms with van der Waals surface area (Å²) in [6.07, 6.45) is 1.63. The minimum absolute atomic E-state index is 0.223. The van der Waals surface area contributed by atoms with Gasteiger partial charge in [0.15, 0.2) is 0 Å². The largest absolute Gasteiger partial charge is 0.468 e. The maximum absolute atomic E-state index is 10.7. The van der Waals surface area contributed by atoms with E-state index in [0.29, 0.717) is 5.75 Å².